The number of hydrogen-bond donors (Lipinski definition) is 1. The van der Waals surface area contributed by atoms with E-state index in [1.807, 2.05) is 4.57 Å². The van der Waals surface area contributed by atoms with Crippen molar-refractivity contribution >= 4 is 11.0 Å². The van der Waals surface area contributed by atoms with Gasteiger partial charge in [-0.3, -0.25) is 0 Å². The summed E-state index contributed by atoms with van der Waals surface area (Å²) in [6, 6.07) is 4.30. The van der Waals surface area contributed by atoms with Gasteiger partial charge in [0.05, 0.1) is 23.7 Å². The molecule has 0 fully saturated rings. The number of benzene rings is 1. The first-order valence-electron chi connectivity index (χ1n) is 6.07. The quantitative estimate of drug-likeness (QED) is 0.886. The van der Waals surface area contributed by atoms with Crippen molar-refractivity contribution in [2.45, 2.75) is 25.9 Å². The van der Waals surface area contributed by atoms with E-state index in [4.69, 9.17) is 10.5 Å². The fourth-order valence-electron chi connectivity index (χ4n) is 2.11. The molecule has 2 aromatic rings. The first-order valence-corrected chi connectivity index (χ1v) is 6.07. The van der Waals surface area contributed by atoms with Crippen molar-refractivity contribution in [1.82, 2.24) is 9.55 Å². The molecule has 5 heteroatoms. The number of methoxy groups -OCH3 is 1. The van der Waals surface area contributed by atoms with Crippen LogP contribution in [0.3, 0.4) is 0 Å². The molecule has 0 aliphatic heterocycles. The number of hydrogen-bond acceptors (Lipinski definition) is 3. The monoisotopic (exact) mass is 251 g/mol. The molecule has 1 atom stereocenters. The largest absolute Gasteiger partial charge is 0.383 e. The summed E-state index contributed by atoms with van der Waals surface area (Å²) in [6.45, 7) is 3.24. The minimum Gasteiger partial charge on any atom is -0.383 e. The standard InChI is InChI=1S/C13H18FN3O/c1-3-6-17-12-7-9(14)4-5-11(12)16-13(17)10(15)8-18-2/h4-5,7,10H,3,6,8,15H2,1-2H3. The summed E-state index contributed by atoms with van der Waals surface area (Å²) in [5.74, 6) is 0.492. The van der Waals surface area contributed by atoms with E-state index in [9.17, 15) is 4.39 Å². The van der Waals surface area contributed by atoms with Crippen LogP contribution in [0.4, 0.5) is 4.39 Å². The van der Waals surface area contributed by atoms with Gasteiger partial charge in [-0.2, -0.15) is 0 Å². The van der Waals surface area contributed by atoms with Crippen molar-refractivity contribution in [3.63, 3.8) is 0 Å². The average molecular weight is 251 g/mol. The molecule has 0 amide bonds. The van der Waals surface area contributed by atoms with Gasteiger partial charge >= 0.3 is 0 Å². The highest BCUT2D eigenvalue weighted by atomic mass is 19.1. The van der Waals surface area contributed by atoms with Crippen LogP contribution in [0.2, 0.25) is 0 Å². The molecule has 0 aliphatic rings. The summed E-state index contributed by atoms with van der Waals surface area (Å²) in [4.78, 5) is 4.48. The van der Waals surface area contributed by atoms with Gasteiger partial charge in [-0.05, 0) is 24.6 Å². The lowest BCUT2D eigenvalue weighted by molar-refractivity contribution is 0.177. The van der Waals surface area contributed by atoms with E-state index in [1.54, 1.807) is 13.2 Å². The van der Waals surface area contributed by atoms with E-state index in [0.717, 1.165) is 29.8 Å². The fraction of sp³-hybridized carbons (Fsp3) is 0.462. The summed E-state index contributed by atoms with van der Waals surface area (Å²) in [6.07, 6.45) is 0.939. The smallest absolute Gasteiger partial charge is 0.129 e. The van der Waals surface area contributed by atoms with E-state index in [2.05, 4.69) is 11.9 Å². The van der Waals surface area contributed by atoms with Crippen LogP contribution in [-0.4, -0.2) is 23.3 Å². The highest BCUT2D eigenvalue weighted by molar-refractivity contribution is 5.76. The van der Waals surface area contributed by atoms with Gasteiger partial charge in [0.2, 0.25) is 0 Å². The van der Waals surface area contributed by atoms with Gasteiger partial charge in [-0.1, -0.05) is 6.92 Å². The van der Waals surface area contributed by atoms with Crippen LogP contribution in [0.1, 0.15) is 25.2 Å². The number of aryl methyl sites for hydroxylation is 1. The van der Waals surface area contributed by atoms with Crippen molar-refractivity contribution in [1.29, 1.82) is 0 Å². The zero-order chi connectivity index (χ0) is 13.1. The Kier molecular flexibility index (Phi) is 3.93. The van der Waals surface area contributed by atoms with Crippen LogP contribution in [0.5, 0.6) is 0 Å². The summed E-state index contributed by atoms with van der Waals surface area (Å²) in [5, 5.41) is 0. The summed E-state index contributed by atoms with van der Waals surface area (Å²) < 4.78 is 20.4. The van der Waals surface area contributed by atoms with Crippen LogP contribution in [0, 0.1) is 5.82 Å². The van der Waals surface area contributed by atoms with E-state index in [1.165, 1.54) is 12.1 Å². The average Bonchev–Trinajstić information content (AvgIpc) is 2.69. The molecule has 2 rings (SSSR count). The predicted octanol–water partition coefficient (Wildman–Crippen LogP) is 2.23. The molecule has 0 spiro atoms. The lowest BCUT2D eigenvalue weighted by Crippen LogP contribution is -2.21. The van der Waals surface area contributed by atoms with Gasteiger partial charge in [0.1, 0.15) is 11.6 Å². The van der Waals surface area contributed by atoms with E-state index < -0.39 is 0 Å². The van der Waals surface area contributed by atoms with E-state index in [-0.39, 0.29) is 11.9 Å². The lowest BCUT2D eigenvalue weighted by Gasteiger charge is -2.13. The lowest BCUT2D eigenvalue weighted by atomic mass is 10.3. The number of fused-ring (bicyclic) bond motifs is 1. The Labute approximate surface area is 106 Å². The molecule has 1 unspecified atom stereocenters. The third kappa shape index (κ3) is 2.37. The Bertz CT molecular complexity index is 538. The highest BCUT2D eigenvalue weighted by Gasteiger charge is 2.16. The van der Waals surface area contributed by atoms with Crippen molar-refractivity contribution < 1.29 is 9.13 Å². The second-order valence-electron chi connectivity index (χ2n) is 4.32. The van der Waals surface area contributed by atoms with Crippen LogP contribution < -0.4 is 5.73 Å². The van der Waals surface area contributed by atoms with Crippen molar-refractivity contribution in [2.24, 2.45) is 5.73 Å². The Morgan fingerprint density at radius 2 is 2.28 bits per heavy atom. The number of nitrogens with zero attached hydrogens (tertiary/aromatic N) is 2. The number of aromatic nitrogens is 2. The normalized spacial score (nSPS) is 13.1. The van der Waals surface area contributed by atoms with E-state index >= 15 is 0 Å². The SMILES string of the molecule is CCCn1c(C(N)COC)nc2ccc(F)cc21. The number of halogens is 1. The molecule has 4 nitrogen and oxygen atoms in total. The van der Waals surface area contributed by atoms with Crippen LogP contribution in [-0.2, 0) is 11.3 Å². The zero-order valence-electron chi connectivity index (χ0n) is 10.7. The summed E-state index contributed by atoms with van der Waals surface area (Å²) >= 11 is 0. The molecule has 98 valence electrons. The highest BCUT2D eigenvalue weighted by Crippen LogP contribution is 2.21. The molecule has 1 heterocycles. The van der Waals surface area contributed by atoms with Crippen LogP contribution >= 0.6 is 0 Å². The fourth-order valence-corrected chi connectivity index (χ4v) is 2.11. The molecule has 1 aromatic heterocycles. The maximum absolute atomic E-state index is 13.3. The van der Waals surface area contributed by atoms with Gasteiger partial charge in [-0.15, -0.1) is 0 Å². The second kappa shape index (κ2) is 5.46. The molecular formula is C13H18FN3O. The second-order valence-corrected chi connectivity index (χ2v) is 4.32. The predicted molar refractivity (Wildman–Crippen MR) is 68.8 cm³/mol. The molecule has 2 N–H and O–H groups in total. The first kappa shape index (κ1) is 13.0. The number of nitrogens with two attached hydrogens (primary N) is 1. The third-order valence-corrected chi connectivity index (χ3v) is 2.86. The zero-order valence-corrected chi connectivity index (χ0v) is 10.7. The topological polar surface area (TPSA) is 53.1 Å². The molecule has 0 bridgehead atoms. The van der Waals surface area contributed by atoms with Crippen LogP contribution in [0.15, 0.2) is 18.2 Å². The molecule has 1 aromatic carbocycles. The molecular weight excluding hydrogens is 233 g/mol. The summed E-state index contributed by atoms with van der Waals surface area (Å²) in [7, 11) is 1.60. The maximum Gasteiger partial charge on any atom is 0.129 e. The van der Waals surface area contributed by atoms with Crippen molar-refractivity contribution in [3.8, 4) is 0 Å². The van der Waals surface area contributed by atoms with Gasteiger partial charge in [0.25, 0.3) is 0 Å². The number of imidazole rings is 1. The van der Waals surface area contributed by atoms with Crippen LogP contribution in [0.25, 0.3) is 11.0 Å². The summed E-state index contributed by atoms with van der Waals surface area (Å²) in [5.41, 5.74) is 7.60. The Morgan fingerprint density at radius 1 is 1.50 bits per heavy atom. The molecule has 0 saturated carbocycles. The molecule has 0 radical (unpaired) electrons. The van der Waals surface area contributed by atoms with Gasteiger partial charge in [0.15, 0.2) is 0 Å². The van der Waals surface area contributed by atoms with Gasteiger partial charge in [-0.25, -0.2) is 9.37 Å². The Hall–Kier alpha value is -1.46. The van der Waals surface area contributed by atoms with Gasteiger partial charge in [0, 0.05) is 13.7 Å². The first-order chi connectivity index (χ1) is 8.67. The molecule has 18 heavy (non-hydrogen) atoms. The Balaban J connectivity index is 2.54. The molecule has 0 saturated heterocycles. The minimum absolute atomic E-state index is 0.258. The Morgan fingerprint density at radius 3 is 2.94 bits per heavy atom. The van der Waals surface area contributed by atoms with Crippen molar-refractivity contribution in [2.75, 3.05) is 13.7 Å². The van der Waals surface area contributed by atoms with E-state index in [0.29, 0.717) is 6.61 Å². The van der Waals surface area contributed by atoms with Gasteiger partial charge < -0.3 is 15.0 Å². The third-order valence-electron chi connectivity index (χ3n) is 2.86. The minimum atomic E-state index is -0.294. The number of rotatable bonds is 5. The number of ether oxygens (including phenoxy) is 1. The molecule has 0 aliphatic carbocycles. The van der Waals surface area contributed by atoms with Crippen molar-refractivity contribution in [3.05, 3.63) is 29.8 Å². The maximum atomic E-state index is 13.3.